The van der Waals surface area contributed by atoms with Crippen molar-refractivity contribution in [2.75, 3.05) is 6.54 Å². The Balaban J connectivity index is 2.36. The number of hydrogen-bond donors (Lipinski definition) is 0. The normalized spacial score (nSPS) is 12.9. The van der Waals surface area contributed by atoms with Gasteiger partial charge in [-0.2, -0.15) is 13.2 Å². The van der Waals surface area contributed by atoms with Crippen molar-refractivity contribution < 1.29 is 18.1 Å². The molecule has 1 atom stereocenters. The van der Waals surface area contributed by atoms with Gasteiger partial charge in [0, 0.05) is 4.92 Å². The van der Waals surface area contributed by atoms with Gasteiger partial charge in [0.05, 0.1) is 11.5 Å². The van der Waals surface area contributed by atoms with Crippen LogP contribution >= 0.6 is 0 Å². The topological polar surface area (TPSA) is 43.1 Å². The largest absolute Gasteiger partial charge is 0.416 e. The fourth-order valence-corrected chi connectivity index (χ4v) is 2.14. The summed E-state index contributed by atoms with van der Waals surface area (Å²) in [4.78, 5) is 10.3. The van der Waals surface area contributed by atoms with Crippen LogP contribution in [-0.2, 0) is 6.18 Å². The third-order valence-corrected chi connectivity index (χ3v) is 3.17. The van der Waals surface area contributed by atoms with E-state index in [0.29, 0.717) is 11.1 Å². The first-order chi connectivity index (χ1) is 9.88. The average Bonchev–Trinajstić information content (AvgIpc) is 2.45. The smallest absolute Gasteiger partial charge is 0.265 e. The highest BCUT2D eigenvalue weighted by molar-refractivity contribution is 5.34. The van der Waals surface area contributed by atoms with Gasteiger partial charge in [-0.05, 0) is 23.3 Å². The number of halogens is 3. The molecule has 6 heteroatoms. The zero-order valence-corrected chi connectivity index (χ0v) is 10.9. The first kappa shape index (κ1) is 15.0. The van der Waals surface area contributed by atoms with E-state index in [-0.39, 0.29) is 6.54 Å². The first-order valence-corrected chi connectivity index (χ1v) is 6.22. The zero-order valence-electron chi connectivity index (χ0n) is 10.9. The third-order valence-electron chi connectivity index (χ3n) is 3.17. The maximum Gasteiger partial charge on any atom is 0.416 e. The van der Waals surface area contributed by atoms with E-state index < -0.39 is 22.6 Å². The summed E-state index contributed by atoms with van der Waals surface area (Å²) >= 11 is 0. The molecule has 0 aliphatic carbocycles. The molecular formula is C15H12F3NO2. The van der Waals surface area contributed by atoms with Crippen molar-refractivity contribution in [1.82, 2.24) is 0 Å². The van der Waals surface area contributed by atoms with Gasteiger partial charge < -0.3 is 0 Å². The zero-order chi connectivity index (χ0) is 15.5. The molecule has 0 bridgehead atoms. The Morgan fingerprint density at radius 2 is 1.48 bits per heavy atom. The highest BCUT2D eigenvalue weighted by atomic mass is 19.4. The Bertz CT molecular complexity index is 609. The van der Waals surface area contributed by atoms with E-state index in [2.05, 4.69) is 0 Å². The van der Waals surface area contributed by atoms with Crippen LogP contribution in [0.3, 0.4) is 0 Å². The maximum absolute atomic E-state index is 12.5. The van der Waals surface area contributed by atoms with Crippen LogP contribution in [0.1, 0.15) is 22.6 Å². The molecule has 0 amide bonds. The van der Waals surface area contributed by atoms with E-state index in [4.69, 9.17) is 0 Å². The van der Waals surface area contributed by atoms with Crippen LogP contribution in [-0.4, -0.2) is 11.5 Å². The van der Waals surface area contributed by atoms with Gasteiger partial charge >= 0.3 is 6.18 Å². The Labute approximate surface area is 119 Å². The molecule has 0 fully saturated rings. The van der Waals surface area contributed by atoms with Crippen molar-refractivity contribution in [3.8, 4) is 0 Å². The van der Waals surface area contributed by atoms with E-state index in [0.717, 1.165) is 12.1 Å². The van der Waals surface area contributed by atoms with Crippen LogP contribution < -0.4 is 0 Å². The van der Waals surface area contributed by atoms with Crippen LogP contribution in [0.25, 0.3) is 0 Å². The predicted molar refractivity (Wildman–Crippen MR) is 71.6 cm³/mol. The van der Waals surface area contributed by atoms with Crippen molar-refractivity contribution in [1.29, 1.82) is 0 Å². The molecule has 0 unspecified atom stereocenters. The van der Waals surface area contributed by atoms with Crippen molar-refractivity contribution >= 4 is 0 Å². The lowest BCUT2D eigenvalue weighted by Crippen LogP contribution is -2.14. The Hall–Kier alpha value is -2.37. The Morgan fingerprint density at radius 1 is 0.952 bits per heavy atom. The van der Waals surface area contributed by atoms with Crippen molar-refractivity contribution in [3.05, 3.63) is 81.4 Å². The molecule has 21 heavy (non-hydrogen) atoms. The Kier molecular flexibility index (Phi) is 4.26. The summed E-state index contributed by atoms with van der Waals surface area (Å²) in [6, 6.07) is 13.2. The fraction of sp³-hybridized carbons (Fsp3) is 0.200. The number of benzene rings is 2. The number of nitro groups is 1. The number of hydrogen-bond acceptors (Lipinski definition) is 2. The van der Waals surface area contributed by atoms with Gasteiger partial charge in [0.2, 0.25) is 6.54 Å². The van der Waals surface area contributed by atoms with Crippen LogP contribution in [0.5, 0.6) is 0 Å². The lowest BCUT2D eigenvalue weighted by atomic mass is 9.91. The summed E-state index contributed by atoms with van der Waals surface area (Å²) < 4.78 is 37.6. The highest BCUT2D eigenvalue weighted by Crippen LogP contribution is 2.31. The fourth-order valence-electron chi connectivity index (χ4n) is 2.14. The third kappa shape index (κ3) is 3.81. The second kappa shape index (κ2) is 5.95. The molecule has 0 radical (unpaired) electrons. The van der Waals surface area contributed by atoms with E-state index in [9.17, 15) is 23.3 Å². The van der Waals surface area contributed by atoms with Crippen molar-refractivity contribution in [3.63, 3.8) is 0 Å². The molecular weight excluding hydrogens is 283 g/mol. The lowest BCUT2D eigenvalue weighted by Gasteiger charge is -2.15. The van der Waals surface area contributed by atoms with Crippen LogP contribution in [0.2, 0.25) is 0 Å². The van der Waals surface area contributed by atoms with Gasteiger partial charge in [-0.25, -0.2) is 0 Å². The molecule has 0 N–H and O–H groups in total. The summed E-state index contributed by atoms with van der Waals surface area (Å²) in [5.41, 5.74) is 0.430. The Morgan fingerprint density at radius 3 is 1.95 bits per heavy atom. The quantitative estimate of drug-likeness (QED) is 0.629. The number of nitrogens with zero attached hydrogens (tertiary/aromatic N) is 1. The van der Waals surface area contributed by atoms with E-state index >= 15 is 0 Å². The molecule has 0 heterocycles. The summed E-state index contributed by atoms with van der Waals surface area (Å²) in [5, 5.41) is 10.8. The summed E-state index contributed by atoms with van der Waals surface area (Å²) in [6.07, 6.45) is -4.41. The van der Waals surface area contributed by atoms with E-state index in [1.807, 2.05) is 0 Å². The van der Waals surface area contributed by atoms with Gasteiger partial charge in [-0.15, -0.1) is 0 Å². The summed E-state index contributed by atoms with van der Waals surface area (Å²) in [6.45, 7) is -0.366. The standard InChI is InChI=1S/C15H12F3NO2/c16-15(17,18)13-8-6-12(7-9-13)14(10-19(20)21)11-4-2-1-3-5-11/h1-9,14H,10H2/t14-/m1/s1. The molecule has 2 rings (SSSR count). The predicted octanol–water partition coefficient (Wildman–Crippen LogP) is 4.11. The second-order valence-corrected chi connectivity index (χ2v) is 4.60. The summed E-state index contributed by atoms with van der Waals surface area (Å²) in [5.74, 6) is -0.566. The van der Waals surface area contributed by atoms with Gasteiger partial charge in [0.1, 0.15) is 0 Å². The minimum Gasteiger partial charge on any atom is -0.265 e. The maximum atomic E-state index is 12.5. The lowest BCUT2D eigenvalue weighted by molar-refractivity contribution is -0.481. The number of rotatable bonds is 4. The molecule has 0 aromatic heterocycles. The van der Waals surface area contributed by atoms with Gasteiger partial charge in [0.15, 0.2) is 0 Å². The second-order valence-electron chi connectivity index (χ2n) is 4.60. The average molecular weight is 295 g/mol. The van der Waals surface area contributed by atoms with E-state index in [1.165, 1.54) is 12.1 Å². The molecule has 110 valence electrons. The molecule has 0 spiro atoms. The minimum atomic E-state index is -4.41. The van der Waals surface area contributed by atoms with Crippen LogP contribution in [0.4, 0.5) is 13.2 Å². The van der Waals surface area contributed by atoms with Crippen molar-refractivity contribution in [2.45, 2.75) is 12.1 Å². The molecule has 0 aliphatic rings. The number of alkyl halides is 3. The molecule has 0 aliphatic heterocycles. The van der Waals surface area contributed by atoms with Gasteiger partial charge in [-0.1, -0.05) is 42.5 Å². The molecule has 0 saturated carbocycles. The minimum absolute atomic E-state index is 0.366. The molecule has 0 saturated heterocycles. The molecule has 3 nitrogen and oxygen atoms in total. The van der Waals surface area contributed by atoms with Crippen LogP contribution in [0.15, 0.2) is 54.6 Å². The SMILES string of the molecule is O=[N+]([O-])C[C@H](c1ccccc1)c1ccc(C(F)(F)F)cc1. The molecule has 2 aromatic rings. The molecule has 2 aromatic carbocycles. The monoisotopic (exact) mass is 295 g/mol. The first-order valence-electron chi connectivity index (χ1n) is 6.22. The van der Waals surface area contributed by atoms with E-state index in [1.54, 1.807) is 30.3 Å². The summed E-state index contributed by atoms with van der Waals surface area (Å²) in [7, 11) is 0. The highest BCUT2D eigenvalue weighted by Gasteiger charge is 2.30. The van der Waals surface area contributed by atoms with Crippen molar-refractivity contribution in [2.24, 2.45) is 0 Å². The van der Waals surface area contributed by atoms with Gasteiger partial charge in [-0.3, -0.25) is 10.1 Å². The van der Waals surface area contributed by atoms with Gasteiger partial charge in [0.25, 0.3) is 0 Å². The van der Waals surface area contributed by atoms with Crippen LogP contribution in [0, 0.1) is 10.1 Å².